The van der Waals surface area contributed by atoms with Crippen LogP contribution in [0.25, 0.3) is 0 Å². The molecule has 0 saturated carbocycles. The SMILES string of the molecule is CS[C@@H]1C=COC(CO)[C@H]1OC1OC(CO)C(O)C(O)C1O. The lowest BCUT2D eigenvalue weighted by Crippen LogP contribution is -2.61. The largest absolute Gasteiger partial charge is 0.493 e. The van der Waals surface area contributed by atoms with Crippen LogP contribution in [0.3, 0.4) is 0 Å². The third-order valence-corrected chi connectivity index (χ3v) is 4.77. The van der Waals surface area contributed by atoms with E-state index in [1.165, 1.54) is 18.0 Å². The monoisotopic (exact) mass is 338 g/mol. The van der Waals surface area contributed by atoms with Crippen molar-refractivity contribution < 1.29 is 39.7 Å². The molecular weight excluding hydrogens is 316 g/mol. The summed E-state index contributed by atoms with van der Waals surface area (Å²) >= 11 is 1.47. The first-order valence-electron chi connectivity index (χ1n) is 6.95. The summed E-state index contributed by atoms with van der Waals surface area (Å²) in [6, 6.07) is 0. The second-order valence-corrected chi connectivity index (χ2v) is 6.20. The van der Waals surface area contributed by atoms with Gasteiger partial charge in [-0.25, -0.2) is 0 Å². The number of hydrogen-bond acceptors (Lipinski definition) is 9. The zero-order valence-corrected chi connectivity index (χ0v) is 12.9. The minimum atomic E-state index is -1.50. The van der Waals surface area contributed by atoms with Gasteiger partial charge in [0.25, 0.3) is 0 Å². The maximum Gasteiger partial charge on any atom is 0.187 e. The Kier molecular flexibility index (Phi) is 6.47. The molecule has 2 rings (SSSR count). The number of thioether (sulfide) groups is 1. The minimum Gasteiger partial charge on any atom is -0.493 e. The lowest BCUT2D eigenvalue weighted by molar-refractivity contribution is -0.317. The van der Waals surface area contributed by atoms with Gasteiger partial charge in [0.15, 0.2) is 6.29 Å². The molecule has 6 unspecified atom stereocenters. The van der Waals surface area contributed by atoms with Crippen molar-refractivity contribution in [2.75, 3.05) is 19.5 Å². The molecule has 0 bridgehead atoms. The Balaban J connectivity index is 2.11. The summed E-state index contributed by atoms with van der Waals surface area (Å²) in [5, 5.41) is 47.9. The molecule has 1 saturated heterocycles. The lowest BCUT2D eigenvalue weighted by Gasteiger charge is -2.43. The second kappa shape index (κ2) is 7.93. The van der Waals surface area contributed by atoms with Gasteiger partial charge in [0, 0.05) is 0 Å². The summed E-state index contributed by atoms with van der Waals surface area (Å²) < 4.78 is 16.3. The van der Waals surface area contributed by atoms with Crippen LogP contribution in [0.4, 0.5) is 0 Å². The van der Waals surface area contributed by atoms with Gasteiger partial charge in [-0.3, -0.25) is 0 Å². The molecule has 0 amide bonds. The molecule has 0 aromatic carbocycles. The molecule has 2 heterocycles. The van der Waals surface area contributed by atoms with Crippen LogP contribution >= 0.6 is 11.8 Å². The molecule has 0 aromatic heterocycles. The predicted octanol–water partition coefficient (Wildman–Crippen LogP) is -2.19. The van der Waals surface area contributed by atoms with Crippen molar-refractivity contribution in [3.8, 4) is 0 Å². The van der Waals surface area contributed by atoms with Gasteiger partial charge in [-0.2, -0.15) is 11.8 Å². The highest BCUT2D eigenvalue weighted by atomic mass is 32.2. The van der Waals surface area contributed by atoms with E-state index in [0.717, 1.165) is 0 Å². The van der Waals surface area contributed by atoms with Crippen molar-refractivity contribution in [3.05, 3.63) is 12.3 Å². The Hall–Kier alpha value is -0.390. The van der Waals surface area contributed by atoms with Gasteiger partial charge in [-0.05, 0) is 12.3 Å². The minimum absolute atomic E-state index is 0.140. The molecule has 22 heavy (non-hydrogen) atoms. The van der Waals surface area contributed by atoms with E-state index in [9.17, 15) is 25.5 Å². The zero-order chi connectivity index (χ0) is 16.3. The van der Waals surface area contributed by atoms with E-state index < -0.39 is 49.5 Å². The molecule has 0 radical (unpaired) electrons. The Morgan fingerprint density at radius 1 is 1.05 bits per heavy atom. The number of rotatable bonds is 5. The maximum atomic E-state index is 10.00. The van der Waals surface area contributed by atoms with Crippen molar-refractivity contribution in [2.45, 2.75) is 48.2 Å². The molecule has 5 N–H and O–H groups in total. The highest BCUT2D eigenvalue weighted by molar-refractivity contribution is 7.99. The van der Waals surface area contributed by atoms with Gasteiger partial charge >= 0.3 is 0 Å². The third-order valence-electron chi connectivity index (χ3n) is 3.80. The van der Waals surface area contributed by atoms with E-state index in [4.69, 9.17) is 14.2 Å². The van der Waals surface area contributed by atoms with Crippen molar-refractivity contribution in [1.82, 2.24) is 0 Å². The normalized spacial score (nSPS) is 45.5. The smallest absolute Gasteiger partial charge is 0.187 e. The molecule has 2 aliphatic rings. The van der Waals surface area contributed by atoms with Crippen LogP contribution in [-0.4, -0.2) is 93.2 Å². The van der Waals surface area contributed by atoms with Crippen molar-refractivity contribution >= 4 is 11.8 Å². The number of aliphatic hydroxyl groups is 5. The Morgan fingerprint density at radius 3 is 2.32 bits per heavy atom. The highest BCUT2D eigenvalue weighted by Gasteiger charge is 2.46. The van der Waals surface area contributed by atoms with E-state index in [0.29, 0.717) is 0 Å². The summed E-state index contributed by atoms with van der Waals surface area (Å²) in [6.45, 7) is -0.815. The van der Waals surface area contributed by atoms with Crippen LogP contribution in [0.5, 0.6) is 0 Å². The number of hydrogen-bond donors (Lipinski definition) is 5. The number of aliphatic hydroxyl groups excluding tert-OH is 5. The fourth-order valence-corrected chi connectivity index (χ4v) is 3.21. The van der Waals surface area contributed by atoms with Gasteiger partial charge in [-0.15, -0.1) is 0 Å². The van der Waals surface area contributed by atoms with E-state index in [-0.39, 0.29) is 11.9 Å². The highest BCUT2D eigenvalue weighted by Crippen LogP contribution is 2.29. The van der Waals surface area contributed by atoms with Gasteiger partial charge in [0.05, 0.1) is 24.7 Å². The first-order chi connectivity index (χ1) is 10.5. The summed E-state index contributed by atoms with van der Waals surface area (Å²) in [7, 11) is 0. The molecular formula is C13H22O8S. The van der Waals surface area contributed by atoms with Crippen LogP contribution in [0.1, 0.15) is 0 Å². The maximum absolute atomic E-state index is 10.00. The number of ether oxygens (including phenoxy) is 3. The van der Waals surface area contributed by atoms with E-state index in [1.807, 2.05) is 6.26 Å². The Labute approximate surface area is 132 Å². The molecule has 0 aromatic rings. The van der Waals surface area contributed by atoms with Crippen molar-refractivity contribution in [1.29, 1.82) is 0 Å². The average molecular weight is 338 g/mol. The van der Waals surface area contributed by atoms with Crippen LogP contribution in [0.2, 0.25) is 0 Å². The average Bonchev–Trinajstić information content (AvgIpc) is 2.55. The first kappa shape index (κ1) is 18.0. The molecule has 8 nitrogen and oxygen atoms in total. The summed E-state index contributed by atoms with van der Waals surface area (Å²) in [4.78, 5) is 0. The fraction of sp³-hybridized carbons (Fsp3) is 0.846. The van der Waals surface area contributed by atoms with Crippen LogP contribution in [-0.2, 0) is 14.2 Å². The summed E-state index contributed by atoms with van der Waals surface area (Å²) in [5.41, 5.74) is 0. The van der Waals surface area contributed by atoms with Crippen LogP contribution in [0.15, 0.2) is 12.3 Å². The Morgan fingerprint density at radius 2 is 1.73 bits per heavy atom. The quantitative estimate of drug-likeness (QED) is 0.379. The van der Waals surface area contributed by atoms with E-state index >= 15 is 0 Å². The topological polar surface area (TPSA) is 129 Å². The van der Waals surface area contributed by atoms with E-state index in [1.54, 1.807) is 6.08 Å². The third kappa shape index (κ3) is 3.57. The van der Waals surface area contributed by atoms with Gasteiger partial charge in [-0.1, -0.05) is 0 Å². The lowest BCUT2D eigenvalue weighted by atomic mass is 9.99. The second-order valence-electron chi connectivity index (χ2n) is 5.18. The standard InChI is InChI=1S/C13H22O8S/c1-22-8-2-3-19-7(5-15)12(8)21-13-11(18)10(17)9(16)6(4-14)20-13/h2-3,6-18H,4-5H2,1H3/t6?,7?,8-,9?,10?,11?,12-,13?/m1/s1. The van der Waals surface area contributed by atoms with Gasteiger partial charge < -0.3 is 39.7 Å². The molecule has 0 spiro atoms. The van der Waals surface area contributed by atoms with E-state index in [2.05, 4.69) is 0 Å². The molecule has 2 aliphatic heterocycles. The first-order valence-corrected chi connectivity index (χ1v) is 8.24. The van der Waals surface area contributed by atoms with Gasteiger partial charge in [0.1, 0.15) is 36.6 Å². The molecule has 9 heteroatoms. The molecule has 0 aliphatic carbocycles. The van der Waals surface area contributed by atoms with Crippen molar-refractivity contribution in [3.63, 3.8) is 0 Å². The van der Waals surface area contributed by atoms with Crippen LogP contribution < -0.4 is 0 Å². The Bertz CT molecular complexity index is 379. The van der Waals surface area contributed by atoms with Crippen LogP contribution in [0, 0.1) is 0 Å². The fourth-order valence-electron chi connectivity index (χ4n) is 2.48. The summed E-state index contributed by atoms with van der Waals surface area (Å²) in [6.07, 6.45) is -2.88. The molecule has 1 fully saturated rings. The molecule has 8 atom stereocenters. The van der Waals surface area contributed by atoms with Gasteiger partial charge in [0.2, 0.25) is 0 Å². The predicted molar refractivity (Wildman–Crippen MR) is 77.0 cm³/mol. The molecule has 128 valence electrons. The summed E-state index contributed by atoms with van der Waals surface area (Å²) in [5.74, 6) is 0. The van der Waals surface area contributed by atoms with Crippen molar-refractivity contribution in [2.24, 2.45) is 0 Å². The zero-order valence-electron chi connectivity index (χ0n) is 12.1.